The lowest BCUT2D eigenvalue weighted by molar-refractivity contribution is 0.0723. The molecule has 2 amide bonds. The maximum atomic E-state index is 11.0. The summed E-state index contributed by atoms with van der Waals surface area (Å²) in [6.45, 7) is 2.16. The van der Waals surface area contributed by atoms with Crippen molar-refractivity contribution in [2.75, 3.05) is 31.6 Å². The molecule has 0 bridgehead atoms. The number of rotatable bonds is 8. The number of nitrogens with zero attached hydrogens (tertiary/aromatic N) is 1. The third-order valence-corrected chi connectivity index (χ3v) is 4.64. The molecular formula is C20H24ClN3O4. The molecule has 0 radical (unpaired) electrons. The fraction of sp³-hybridized carbons (Fsp3) is 0.350. The lowest BCUT2D eigenvalue weighted by Crippen LogP contribution is -2.35. The molecule has 1 fully saturated rings. The molecular weight excluding hydrogens is 382 g/mol. The van der Waals surface area contributed by atoms with E-state index in [1.807, 2.05) is 12.1 Å². The zero-order valence-corrected chi connectivity index (χ0v) is 16.1. The van der Waals surface area contributed by atoms with Gasteiger partial charge in [0.25, 0.3) is 0 Å². The monoisotopic (exact) mass is 405 g/mol. The summed E-state index contributed by atoms with van der Waals surface area (Å²) in [6, 6.07) is 13.6. The second-order valence-electron chi connectivity index (χ2n) is 6.69. The molecule has 2 unspecified atom stereocenters. The van der Waals surface area contributed by atoms with Gasteiger partial charge in [-0.2, -0.15) is 0 Å². The molecule has 2 aromatic carbocycles. The number of para-hydroxylation sites is 2. The van der Waals surface area contributed by atoms with Gasteiger partial charge in [-0.05, 0) is 42.8 Å². The van der Waals surface area contributed by atoms with Crippen molar-refractivity contribution in [1.29, 1.82) is 0 Å². The Balaban J connectivity index is 1.44. The van der Waals surface area contributed by atoms with E-state index < -0.39 is 12.1 Å². The van der Waals surface area contributed by atoms with E-state index >= 15 is 0 Å². The first-order valence-electron chi connectivity index (χ1n) is 9.10. The van der Waals surface area contributed by atoms with Crippen LogP contribution in [0.5, 0.6) is 11.5 Å². The third-order valence-electron chi connectivity index (χ3n) is 4.39. The summed E-state index contributed by atoms with van der Waals surface area (Å²) in [4.78, 5) is 13.2. The van der Waals surface area contributed by atoms with Gasteiger partial charge in [-0.15, -0.1) is 0 Å². The summed E-state index contributed by atoms with van der Waals surface area (Å²) in [5, 5.41) is 13.5. The van der Waals surface area contributed by atoms with Crippen molar-refractivity contribution in [1.82, 2.24) is 4.90 Å². The molecule has 0 aromatic heterocycles. The van der Waals surface area contributed by atoms with Gasteiger partial charge in [0.1, 0.15) is 30.3 Å². The summed E-state index contributed by atoms with van der Waals surface area (Å²) in [5.74, 6) is 1.25. The number of amides is 2. The molecule has 3 rings (SSSR count). The van der Waals surface area contributed by atoms with E-state index in [9.17, 15) is 9.90 Å². The second kappa shape index (κ2) is 9.64. The van der Waals surface area contributed by atoms with E-state index in [2.05, 4.69) is 10.2 Å². The number of carbonyl (C=O) groups is 1. The van der Waals surface area contributed by atoms with Crippen molar-refractivity contribution in [3.63, 3.8) is 0 Å². The molecule has 2 aromatic rings. The van der Waals surface area contributed by atoms with E-state index in [4.69, 9.17) is 26.8 Å². The molecule has 1 aliphatic heterocycles. The minimum absolute atomic E-state index is 0.0785. The van der Waals surface area contributed by atoms with Gasteiger partial charge in [0.05, 0.1) is 5.69 Å². The Morgan fingerprint density at radius 2 is 2.04 bits per heavy atom. The van der Waals surface area contributed by atoms with Crippen LogP contribution in [0.2, 0.25) is 5.02 Å². The largest absolute Gasteiger partial charge is 0.489 e. The van der Waals surface area contributed by atoms with Gasteiger partial charge in [0.2, 0.25) is 0 Å². The Morgan fingerprint density at radius 1 is 1.29 bits per heavy atom. The van der Waals surface area contributed by atoms with Gasteiger partial charge in [0, 0.05) is 24.7 Å². The van der Waals surface area contributed by atoms with E-state index in [0.29, 0.717) is 23.0 Å². The number of aliphatic hydroxyl groups is 1. The molecule has 2 atom stereocenters. The number of hydrogen-bond acceptors (Lipinski definition) is 5. The van der Waals surface area contributed by atoms with Crippen molar-refractivity contribution in [2.24, 2.45) is 5.73 Å². The maximum absolute atomic E-state index is 11.0. The Kier molecular flexibility index (Phi) is 6.97. The number of urea groups is 1. The number of aliphatic hydroxyl groups excluding tert-OH is 1. The third kappa shape index (κ3) is 6.02. The number of likely N-dealkylation sites (tertiary alicyclic amines) is 1. The Labute approximate surface area is 169 Å². The topological polar surface area (TPSA) is 97.1 Å². The number of ether oxygens (including phenoxy) is 2. The van der Waals surface area contributed by atoms with Crippen molar-refractivity contribution in [2.45, 2.75) is 18.6 Å². The Hall–Kier alpha value is -2.48. The first kappa shape index (κ1) is 20.3. The molecule has 1 aliphatic rings. The lowest BCUT2D eigenvalue weighted by Gasteiger charge is -2.21. The predicted molar refractivity (Wildman–Crippen MR) is 108 cm³/mol. The molecule has 0 saturated carbocycles. The minimum Gasteiger partial charge on any atom is -0.489 e. The summed E-state index contributed by atoms with van der Waals surface area (Å²) in [5.41, 5.74) is 5.63. The summed E-state index contributed by atoms with van der Waals surface area (Å²) < 4.78 is 11.6. The highest BCUT2D eigenvalue weighted by Crippen LogP contribution is 2.24. The van der Waals surface area contributed by atoms with Gasteiger partial charge in [-0.25, -0.2) is 4.79 Å². The number of primary amides is 1. The van der Waals surface area contributed by atoms with E-state index in [1.165, 1.54) is 0 Å². The zero-order chi connectivity index (χ0) is 19.9. The number of benzene rings is 2. The highest BCUT2D eigenvalue weighted by atomic mass is 35.5. The van der Waals surface area contributed by atoms with Crippen molar-refractivity contribution < 1.29 is 19.4 Å². The average molecular weight is 406 g/mol. The molecule has 4 N–H and O–H groups in total. The first-order valence-corrected chi connectivity index (χ1v) is 9.48. The normalized spacial score (nSPS) is 17.9. The number of anilines is 1. The number of β-amino-alcohol motifs (C(OH)–C–C–N with tert-alkyl or cyclic N) is 1. The average Bonchev–Trinajstić information content (AvgIpc) is 3.09. The van der Waals surface area contributed by atoms with E-state index in [0.717, 1.165) is 25.3 Å². The fourth-order valence-electron chi connectivity index (χ4n) is 3.13. The Morgan fingerprint density at radius 3 is 2.79 bits per heavy atom. The van der Waals surface area contributed by atoms with Crippen LogP contribution in [0.4, 0.5) is 10.5 Å². The second-order valence-corrected chi connectivity index (χ2v) is 7.13. The van der Waals surface area contributed by atoms with Crippen LogP contribution in [0.25, 0.3) is 0 Å². The highest BCUT2D eigenvalue weighted by Gasteiger charge is 2.25. The molecule has 150 valence electrons. The summed E-state index contributed by atoms with van der Waals surface area (Å²) >= 11 is 5.89. The number of halogens is 1. The van der Waals surface area contributed by atoms with E-state index in [1.54, 1.807) is 36.4 Å². The molecule has 8 heteroatoms. The van der Waals surface area contributed by atoms with Crippen LogP contribution in [0.1, 0.15) is 6.42 Å². The molecule has 0 aliphatic carbocycles. The van der Waals surface area contributed by atoms with Crippen LogP contribution in [0.15, 0.2) is 48.5 Å². The number of nitrogens with two attached hydrogens (primary N) is 1. The quantitative estimate of drug-likeness (QED) is 0.627. The van der Waals surface area contributed by atoms with Crippen molar-refractivity contribution in [3.05, 3.63) is 53.6 Å². The standard InChI is InChI=1S/C20H24ClN3O4/c21-14-5-7-16(8-6-14)28-17-9-10-24(12-17)11-15(25)13-27-19-4-2-1-3-18(19)23-20(22)26/h1-8,15,17,25H,9-13H2,(H3,22,23,26). The predicted octanol–water partition coefficient (Wildman–Crippen LogP) is 2.72. The first-order chi connectivity index (χ1) is 13.5. The van der Waals surface area contributed by atoms with E-state index in [-0.39, 0.29) is 12.7 Å². The lowest BCUT2D eigenvalue weighted by atomic mass is 10.3. The van der Waals surface area contributed by atoms with Crippen LogP contribution in [-0.2, 0) is 0 Å². The maximum Gasteiger partial charge on any atom is 0.316 e. The number of carbonyl (C=O) groups excluding carboxylic acids is 1. The highest BCUT2D eigenvalue weighted by molar-refractivity contribution is 6.30. The van der Waals surface area contributed by atoms with Crippen LogP contribution in [0.3, 0.4) is 0 Å². The van der Waals surface area contributed by atoms with Crippen molar-refractivity contribution in [3.8, 4) is 11.5 Å². The number of nitrogens with one attached hydrogen (secondary N) is 1. The van der Waals surface area contributed by atoms with Crippen molar-refractivity contribution >= 4 is 23.3 Å². The van der Waals surface area contributed by atoms with Gasteiger partial charge in [0.15, 0.2) is 0 Å². The minimum atomic E-state index is -0.670. The molecule has 1 saturated heterocycles. The van der Waals surface area contributed by atoms with Crippen LogP contribution in [0, 0.1) is 0 Å². The fourth-order valence-corrected chi connectivity index (χ4v) is 3.26. The molecule has 7 nitrogen and oxygen atoms in total. The molecule has 0 spiro atoms. The SMILES string of the molecule is NC(=O)Nc1ccccc1OCC(O)CN1CCC(Oc2ccc(Cl)cc2)C1. The summed E-state index contributed by atoms with van der Waals surface area (Å²) in [7, 11) is 0. The van der Waals surface area contributed by atoms with Crippen LogP contribution >= 0.6 is 11.6 Å². The molecule has 1 heterocycles. The van der Waals surface area contributed by atoms with Gasteiger partial charge in [-0.1, -0.05) is 23.7 Å². The smallest absolute Gasteiger partial charge is 0.316 e. The van der Waals surface area contributed by atoms with Gasteiger partial charge in [-0.3, -0.25) is 4.90 Å². The van der Waals surface area contributed by atoms with Crippen LogP contribution < -0.4 is 20.5 Å². The Bertz CT molecular complexity index is 787. The molecule has 28 heavy (non-hydrogen) atoms. The number of hydrogen-bond donors (Lipinski definition) is 3. The van der Waals surface area contributed by atoms with Gasteiger partial charge < -0.3 is 25.6 Å². The van der Waals surface area contributed by atoms with Gasteiger partial charge >= 0.3 is 6.03 Å². The zero-order valence-electron chi connectivity index (χ0n) is 15.4. The van der Waals surface area contributed by atoms with Crippen LogP contribution in [-0.4, -0.2) is 54.5 Å². The summed E-state index contributed by atoms with van der Waals surface area (Å²) in [6.07, 6.45) is 0.299.